The number of hydrogen-bond donors (Lipinski definition) is 2. The molecule has 1 aliphatic rings. The number of phenolic OH excluding ortho intramolecular Hbond substituents is 1. The Labute approximate surface area is 123 Å². The zero-order chi connectivity index (χ0) is 14.7. The van der Waals surface area contributed by atoms with E-state index in [9.17, 15) is 5.11 Å². The topological polar surface area (TPSA) is 60.0 Å². The molecular weight excluding hydrogens is 270 g/mol. The maximum absolute atomic E-state index is 9.76. The van der Waals surface area contributed by atoms with Crippen LogP contribution in [0.2, 0.25) is 0 Å². The van der Waals surface area contributed by atoms with Crippen LogP contribution in [0.3, 0.4) is 0 Å². The molecule has 0 saturated carbocycles. The van der Waals surface area contributed by atoms with Gasteiger partial charge in [-0.25, -0.2) is 0 Å². The second kappa shape index (κ2) is 5.83. The monoisotopic (exact) mass is 287 g/mol. The molecule has 0 aliphatic carbocycles. The van der Waals surface area contributed by atoms with Gasteiger partial charge in [0.05, 0.1) is 7.11 Å². The van der Waals surface area contributed by atoms with E-state index in [0.29, 0.717) is 25.5 Å². The van der Waals surface area contributed by atoms with Gasteiger partial charge in [0.15, 0.2) is 23.0 Å². The maximum atomic E-state index is 9.76. The van der Waals surface area contributed by atoms with Gasteiger partial charge in [0.2, 0.25) is 0 Å². The van der Waals surface area contributed by atoms with Crippen LogP contribution in [0, 0.1) is 0 Å². The van der Waals surface area contributed by atoms with Crippen LogP contribution in [-0.4, -0.2) is 25.4 Å². The number of fused-ring (bicyclic) bond motifs is 1. The molecule has 3 rings (SSSR count). The predicted molar refractivity (Wildman–Crippen MR) is 79.4 cm³/mol. The first kappa shape index (κ1) is 13.4. The molecular formula is C16H17NO4. The van der Waals surface area contributed by atoms with Crippen LogP contribution in [0.4, 0.5) is 5.69 Å². The van der Waals surface area contributed by atoms with Gasteiger partial charge < -0.3 is 24.6 Å². The number of nitrogens with one attached hydrogen (secondary N) is 1. The number of benzene rings is 2. The van der Waals surface area contributed by atoms with Gasteiger partial charge in [0.25, 0.3) is 0 Å². The number of aromatic hydroxyl groups is 1. The second-order valence-electron chi connectivity index (χ2n) is 4.72. The van der Waals surface area contributed by atoms with Crippen molar-refractivity contribution >= 4 is 5.69 Å². The maximum Gasteiger partial charge on any atom is 0.163 e. The first-order chi connectivity index (χ1) is 10.3. The van der Waals surface area contributed by atoms with Gasteiger partial charge in [-0.1, -0.05) is 6.07 Å². The molecule has 110 valence electrons. The van der Waals surface area contributed by atoms with Gasteiger partial charge in [-0.3, -0.25) is 0 Å². The van der Waals surface area contributed by atoms with Crippen molar-refractivity contribution in [2.75, 3.05) is 25.6 Å². The van der Waals surface area contributed by atoms with Crippen LogP contribution in [-0.2, 0) is 6.54 Å². The van der Waals surface area contributed by atoms with Crippen LogP contribution < -0.4 is 19.5 Å². The third-order valence-corrected chi connectivity index (χ3v) is 3.28. The normalized spacial score (nSPS) is 12.8. The average molecular weight is 287 g/mol. The number of hydrogen-bond acceptors (Lipinski definition) is 5. The molecule has 2 aromatic rings. The molecule has 0 atom stereocenters. The predicted octanol–water partition coefficient (Wildman–Crippen LogP) is 2.78. The van der Waals surface area contributed by atoms with Crippen molar-refractivity contribution in [3.8, 4) is 23.0 Å². The summed E-state index contributed by atoms with van der Waals surface area (Å²) in [6, 6.07) is 11.1. The SMILES string of the molecule is COc1ccc(CNc2ccc3c(c2)OCCO3)cc1O. The van der Waals surface area contributed by atoms with Crippen molar-refractivity contribution < 1.29 is 19.3 Å². The van der Waals surface area contributed by atoms with E-state index in [4.69, 9.17) is 14.2 Å². The number of phenols is 1. The Hall–Kier alpha value is -2.56. The van der Waals surface area contributed by atoms with Gasteiger partial charge in [-0.15, -0.1) is 0 Å². The van der Waals surface area contributed by atoms with E-state index in [1.54, 1.807) is 12.1 Å². The molecule has 5 nitrogen and oxygen atoms in total. The first-order valence-corrected chi connectivity index (χ1v) is 6.75. The van der Waals surface area contributed by atoms with E-state index < -0.39 is 0 Å². The van der Waals surface area contributed by atoms with Crippen LogP contribution in [0.5, 0.6) is 23.0 Å². The molecule has 0 spiro atoms. The summed E-state index contributed by atoms with van der Waals surface area (Å²) in [6.07, 6.45) is 0. The fraction of sp³-hybridized carbons (Fsp3) is 0.250. The molecule has 1 heterocycles. The van der Waals surface area contributed by atoms with Crippen LogP contribution >= 0.6 is 0 Å². The smallest absolute Gasteiger partial charge is 0.163 e. The lowest BCUT2D eigenvalue weighted by Gasteiger charge is -2.19. The highest BCUT2D eigenvalue weighted by Gasteiger charge is 2.11. The molecule has 0 saturated heterocycles. The quantitative estimate of drug-likeness (QED) is 0.905. The fourth-order valence-corrected chi connectivity index (χ4v) is 2.20. The van der Waals surface area contributed by atoms with Crippen molar-refractivity contribution in [2.45, 2.75) is 6.54 Å². The minimum atomic E-state index is 0.138. The Kier molecular flexibility index (Phi) is 3.73. The third-order valence-electron chi connectivity index (χ3n) is 3.28. The Morgan fingerprint density at radius 2 is 1.90 bits per heavy atom. The molecule has 2 N–H and O–H groups in total. The summed E-state index contributed by atoms with van der Waals surface area (Å²) in [5.74, 6) is 2.13. The van der Waals surface area contributed by atoms with Crippen molar-refractivity contribution in [2.24, 2.45) is 0 Å². The van der Waals surface area contributed by atoms with Crippen molar-refractivity contribution in [1.82, 2.24) is 0 Å². The standard InChI is InChI=1S/C16H17NO4/c1-19-14-4-2-11(8-13(14)18)10-17-12-3-5-15-16(9-12)21-7-6-20-15/h2-5,8-9,17-18H,6-7,10H2,1H3. The summed E-state index contributed by atoms with van der Waals surface area (Å²) in [6.45, 7) is 1.75. The van der Waals surface area contributed by atoms with Gasteiger partial charge in [-0.2, -0.15) is 0 Å². The summed E-state index contributed by atoms with van der Waals surface area (Å²) < 4.78 is 16.1. The minimum Gasteiger partial charge on any atom is -0.504 e. The summed E-state index contributed by atoms with van der Waals surface area (Å²) in [7, 11) is 1.53. The lowest BCUT2D eigenvalue weighted by atomic mass is 10.2. The van der Waals surface area contributed by atoms with Crippen LogP contribution in [0.15, 0.2) is 36.4 Å². The van der Waals surface area contributed by atoms with E-state index >= 15 is 0 Å². The first-order valence-electron chi connectivity index (χ1n) is 6.75. The summed E-state index contributed by atoms with van der Waals surface area (Å²) >= 11 is 0. The third kappa shape index (κ3) is 2.97. The molecule has 2 aromatic carbocycles. The molecule has 1 aliphatic heterocycles. The average Bonchev–Trinajstić information content (AvgIpc) is 2.53. The van der Waals surface area contributed by atoms with Gasteiger partial charge in [0.1, 0.15) is 13.2 Å². The number of ether oxygens (including phenoxy) is 3. The minimum absolute atomic E-state index is 0.138. The summed E-state index contributed by atoms with van der Waals surface area (Å²) in [4.78, 5) is 0. The van der Waals surface area contributed by atoms with E-state index in [0.717, 1.165) is 22.7 Å². The van der Waals surface area contributed by atoms with Crippen molar-refractivity contribution in [3.05, 3.63) is 42.0 Å². The molecule has 5 heteroatoms. The van der Waals surface area contributed by atoms with Gasteiger partial charge >= 0.3 is 0 Å². The lowest BCUT2D eigenvalue weighted by molar-refractivity contribution is 0.171. The highest BCUT2D eigenvalue weighted by Crippen LogP contribution is 2.33. The van der Waals surface area contributed by atoms with E-state index in [1.807, 2.05) is 24.3 Å². The highest BCUT2D eigenvalue weighted by molar-refractivity contribution is 5.55. The molecule has 0 amide bonds. The Morgan fingerprint density at radius 3 is 2.67 bits per heavy atom. The number of methoxy groups -OCH3 is 1. The number of anilines is 1. The van der Waals surface area contributed by atoms with Gasteiger partial charge in [0, 0.05) is 18.3 Å². The van der Waals surface area contributed by atoms with E-state index in [2.05, 4.69) is 5.32 Å². The molecule has 21 heavy (non-hydrogen) atoms. The molecule has 0 aromatic heterocycles. The fourth-order valence-electron chi connectivity index (χ4n) is 2.20. The van der Waals surface area contributed by atoms with Crippen LogP contribution in [0.1, 0.15) is 5.56 Å². The zero-order valence-electron chi connectivity index (χ0n) is 11.8. The Morgan fingerprint density at radius 1 is 1.10 bits per heavy atom. The Bertz CT molecular complexity index is 642. The molecule has 0 radical (unpaired) electrons. The Balaban J connectivity index is 1.68. The highest BCUT2D eigenvalue weighted by atomic mass is 16.6. The molecule has 0 bridgehead atoms. The zero-order valence-corrected chi connectivity index (χ0v) is 11.8. The lowest BCUT2D eigenvalue weighted by Crippen LogP contribution is -2.15. The largest absolute Gasteiger partial charge is 0.504 e. The van der Waals surface area contributed by atoms with E-state index in [-0.39, 0.29) is 5.75 Å². The number of rotatable bonds is 4. The molecule has 0 unspecified atom stereocenters. The second-order valence-corrected chi connectivity index (χ2v) is 4.72. The van der Waals surface area contributed by atoms with Crippen molar-refractivity contribution in [3.63, 3.8) is 0 Å². The van der Waals surface area contributed by atoms with Crippen molar-refractivity contribution in [1.29, 1.82) is 0 Å². The summed E-state index contributed by atoms with van der Waals surface area (Å²) in [5, 5.41) is 13.0. The van der Waals surface area contributed by atoms with Gasteiger partial charge in [-0.05, 0) is 29.8 Å². The molecule has 0 fully saturated rings. The van der Waals surface area contributed by atoms with E-state index in [1.165, 1.54) is 7.11 Å². The summed E-state index contributed by atoms with van der Waals surface area (Å²) in [5.41, 5.74) is 1.90. The van der Waals surface area contributed by atoms with Crippen LogP contribution in [0.25, 0.3) is 0 Å².